The van der Waals surface area contributed by atoms with E-state index in [0.29, 0.717) is 23.0 Å². The second-order valence-electron chi connectivity index (χ2n) is 7.29. The van der Waals surface area contributed by atoms with Crippen LogP contribution in [-0.2, 0) is 16.1 Å². The van der Waals surface area contributed by atoms with Crippen LogP contribution in [0.15, 0.2) is 78.6 Å². The zero-order valence-corrected chi connectivity index (χ0v) is 17.7. The summed E-state index contributed by atoms with van der Waals surface area (Å²) in [6, 6.07) is 22.2. The van der Waals surface area contributed by atoms with Crippen molar-refractivity contribution < 1.29 is 14.3 Å². The monoisotopic (exact) mass is 432 g/mol. The largest absolute Gasteiger partial charge is 0.449 e. The van der Waals surface area contributed by atoms with Gasteiger partial charge in [-0.2, -0.15) is 0 Å². The molecule has 6 heteroatoms. The summed E-state index contributed by atoms with van der Waals surface area (Å²) in [7, 11) is 0. The molecule has 0 aromatic heterocycles. The highest BCUT2D eigenvalue weighted by Gasteiger charge is 2.31. The SMILES string of the molecule is Cc1ccc(CNC(=O)CN2C(=O)/C(=C\c3cccc(Cl)c3)Oc3ccccc32)cc1. The quantitative estimate of drug-likeness (QED) is 0.593. The highest BCUT2D eigenvalue weighted by atomic mass is 35.5. The molecule has 0 fully saturated rings. The molecular weight excluding hydrogens is 412 g/mol. The van der Waals surface area contributed by atoms with E-state index in [2.05, 4.69) is 5.32 Å². The number of nitrogens with one attached hydrogen (secondary N) is 1. The third-order valence-corrected chi connectivity index (χ3v) is 5.13. The number of ether oxygens (including phenoxy) is 1. The lowest BCUT2D eigenvalue weighted by molar-refractivity contribution is -0.123. The number of hydrogen-bond donors (Lipinski definition) is 1. The summed E-state index contributed by atoms with van der Waals surface area (Å²) < 4.78 is 5.84. The number of aryl methyl sites for hydroxylation is 1. The summed E-state index contributed by atoms with van der Waals surface area (Å²) in [4.78, 5) is 27.2. The fourth-order valence-electron chi connectivity index (χ4n) is 3.27. The van der Waals surface area contributed by atoms with Gasteiger partial charge in [0.2, 0.25) is 5.91 Å². The average molecular weight is 433 g/mol. The normalized spacial score (nSPS) is 14.2. The van der Waals surface area contributed by atoms with Gasteiger partial charge in [0.1, 0.15) is 6.54 Å². The minimum absolute atomic E-state index is 0.113. The van der Waals surface area contributed by atoms with E-state index in [-0.39, 0.29) is 24.1 Å². The first-order chi connectivity index (χ1) is 15.0. The molecule has 0 bridgehead atoms. The Morgan fingerprint density at radius 3 is 2.61 bits per heavy atom. The molecule has 0 saturated heterocycles. The Morgan fingerprint density at radius 1 is 1.06 bits per heavy atom. The highest BCUT2D eigenvalue weighted by Crippen LogP contribution is 2.35. The molecule has 1 N–H and O–H groups in total. The number of anilines is 1. The van der Waals surface area contributed by atoms with Crippen molar-refractivity contribution in [1.82, 2.24) is 5.32 Å². The van der Waals surface area contributed by atoms with Crippen LogP contribution in [0.1, 0.15) is 16.7 Å². The van der Waals surface area contributed by atoms with E-state index < -0.39 is 0 Å². The molecule has 3 aromatic carbocycles. The number of carbonyl (C=O) groups is 2. The van der Waals surface area contributed by atoms with E-state index in [4.69, 9.17) is 16.3 Å². The maximum atomic E-state index is 13.1. The summed E-state index contributed by atoms with van der Waals surface area (Å²) in [6.07, 6.45) is 1.63. The molecule has 1 heterocycles. The van der Waals surface area contributed by atoms with Crippen molar-refractivity contribution in [1.29, 1.82) is 0 Å². The Balaban J connectivity index is 1.54. The van der Waals surface area contributed by atoms with E-state index >= 15 is 0 Å². The van der Waals surface area contributed by atoms with Gasteiger partial charge in [0.05, 0.1) is 5.69 Å². The number of halogens is 1. The number of amides is 2. The number of rotatable bonds is 5. The van der Waals surface area contributed by atoms with Gasteiger partial charge < -0.3 is 10.1 Å². The van der Waals surface area contributed by atoms with Crippen LogP contribution in [0.2, 0.25) is 5.02 Å². The Morgan fingerprint density at radius 2 is 1.84 bits per heavy atom. The van der Waals surface area contributed by atoms with E-state index in [1.165, 1.54) is 4.90 Å². The zero-order valence-electron chi connectivity index (χ0n) is 17.0. The summed E-state index contributed by atoms with van der Waals surface area (Å²) >= 11 is 6.05. The Labute approximate surface area is 185 Å². The fourth-order valence-corrected chi connectivity index (χ4v) is 3.47. The van der Waals surface area contributed by atoms with Crippen LogP contribution in [0, 0.1) is 6.92 Å². The number of nitrogens with zero attached hydrogens (tertiary/aromatic N) is 1. The molecular formula is C25H21ClN2O3. The number of benzene rings is 3. The standard InChI is InChI=1S/C25H21ClN2O3/c1-17-9-11-18(12-10-17)15-27-24(29)16-28-21-7-2-3-8-22(21)31-23(25(28)30)14-19-5-4-6-20(26)13-19/h2-14H,15-16H2,1H3,(H,27,29)/b23-14+. The van der Waals surface area contributed by atoms with Gasteiger partial charge >= 0.3 is 0 Å². The van der Waals surface area contributed by atoms with E-state index in [9.17, 15) is 9.59 Å². The Hall–Kier alpha value is -3.57. The predicted molar refractivity (Wildman–Crippen MR) is 122 cm³/mol. The molecule has 1 aliphatic rings. The van der Waals surface area contributed by atoms with E-state index in [1.54, 1.807) is 42.5 Å². The zero-order chi connectivity index (χ0) is 21.8. The minimum atomic E-state index is -0.385. The maximum absolute atomic E-state index is 13.1. The van der Waals surface area contributed by atoms with Gasteiger partial charge in [0.25, 0.3) is 5.91 Å². The van der Waals surface area contributed by atoms with Crippen LogP contribution in [0.3, 0.4) is 0 Å². The number of hydrogen-bond acceptors (Lipinski definition) is 3. The smallest absolute Gasteiger partial charge is 0.294 e. The number of fused-ring (bicyclic) bond motifs is 1. The van der Waals surface area contributed by atoms with Gasteiger partial charge in [0, 0.05) is 11.6 Å². The summed E-state index contributed by atoms with van der Waals surface area (Å²) in [5.41, 5.74) is 3.44. The molecule has 4 rings (SSSR count). The molecule has 0 atom stereocenters. The van der Waals surface area contributed by atoms with Crippen molar-refractivity contribution in [3.8, 4) is 5.75 Å². The lowest BCUT2D eigenvalue weighted by Crippen LogP contribution is -2.44. The Kier molecular flexibility index (Phi) is 6.05. The van der Waals surface area contributed by atoms with Crippen LogP contribution < -0.4 is 15.0 Å². The van der Waals surface area contributed by atoms with Crippen molar-refractivity contribution in [2.45, 2.75) is 13.5 Å². The van der Waals surface area contributed by atoms with Gasteiger partial charge in [-0.3, -0.25) is 14.5 Å². The molecule has 0 unspecified atom stereocenters. The molecule has 1 aliphatic heterocycles. The van der Waals surface area contributed by atoms with Crippen LogP contribution in [0.25, 0.3) is 6.08 Å². The third kappa shape index (κ3) is 4.95. The van der Waals surface area contributed by atoms with E-state index in [0.717, 1.165) is 16.7 Å². The van der Waals surface area contributed by atoms with Crippen molar-refractivity contribution in [3.05, 3.63) is 100 Å². The molecule has 31 heavy (non-hydrogen) atoms. The van der Waals surface area contributed by atoms with Crippen LogP contribution in [0.5, 0.6) is 5.75 Å². The average Bonchev–Trinajstić information content (AvgIpc) is 2.76. The highest BCUT2D eigenvalue weighted by molar-refractivity contribution is 6.30. The van der Waals surface area contributed by atoms with Crippen molar-refractivity contribution in [2.24, 2.45) is 0 Å². The second kappa shape index (κ2) is 9.06. The van der Waals surface area contributed by atoms with Crippen LogP contribution >= 0.6 is 11.6 Å². The van der Waals surface area contributed by atoms with Gasteiger partial charge in [-0.1, -0.05) is 65.7 Å². The third-order valence-electron chi connectivity index (χ3n) is 4.89. The lowest BCUT2D eigenvalue weighted by atomic mass is 10.1. The topological polar surface area (TPSA) is 58.6 Å². The summed E-state index contributed by atoms with van der Waals surface area (Å²) in [6.45, 7) is 2.29. The van der Waals surface area contributed by atoms with Crippen molar-refractivity contribution >= 4 is 35.2 Å². The first kappa shape index (κ1) is 20.7. The molecule has 2 amide bonds. The Bertz CT molecular complexity index is 1160. The first-order valence-electron chi connectivity index (χ1n) is 9.88. The first-order valence-corrected chi connectivity index (χ1v) is 10.3. The van der Waals surface area contributed by atoms with Gasteiger partial charge in [-0.25, -0.2) is 0 Å². The molecule has 5 nitrogen and oxygen atoms in total. The van der Waals surface area contributed by atoms with E-state index in [1.807, 2.05) is 43.3 Å². The maximum Gasteiger partial charge on any atom is 0.294 e. The minimum Gasteiger partial charge on any atom is -0.449 e. The van der Waals surface area contributed by atoms with Crippen LogP contribution in [-0.4, -0.2) is 18.4 Å². The molecule has 0 radical (unpaired) electrons. The fraction of sp³-hybridized carbons (Fsp3) is 0.120. The van der Waals surface area contributed by atoms with Gasteiger partial charge in [-0.15, -0.1) is 0 Å². The second-order valence-corrected chi connectivity index (χ2v) is 7.72. The molecule has 0 saturated carbocycles. The van der Waals surface area contributed by atoms with Gasteiger partial charge in [0.15, 0.2) is 11.5 Å². The lowest BCUT2D eigenvalue weighted by Gasteiger charge is -2.30. The van der Waals surface area contributed by atoms with Crippen molar-refractivity contribution in [3.63, 3.8) is 0 Å². The molecule has 0 spiro atoms. The molecule has 0 aliphatic carbocycles. The van der Waals surface area contributed by atoms with Gasteiger partial charge in [-0.05, 0) is 48.4 Å². The van der Waals surface area contributed by atoms with Crippen molar-refractivity contribution in [2.75, 3.05) is 11.4 Å². The molecule has 156 valence electrons. The number of carbonyl (C=O) groups excluding carboxylic acids is 2. The number of para-hydroxylation sites is 2. The predicted octanol–water partition coefficient (Wildman–Crippen LogP) is 4.73. The summed E-state index contributed by atoms with van der Waals surface area (Å²) in [5.74, 6) is 0.00547. The summed E-state index contributed by atoms with van der Waals surface area (Å²) in [5, 5.41) is 3.44. The van der Waals surface area contributed by atoms with Crippen LogP contribution in [0.4, 0.5) is 5.69 Å². The molecule has 3 aromatic rings.